The molecule has 1 aromatic carbocycles. The number of anilines is 1. The first-order chi connectivity index (χ1) is 15.5. The van der Waals surface area contributed by atoms with Gasteiger partial charge in [-0.15, -0.1) is 0 Å². The molecule has 1 N–H and O–H groups in total. The van der Waals surface area contributed by atoms with Gasteiger partial charge in [0.2, 0.25) is 5.95 Å². The second-order valence-corrected chi connectivity index (χ2v) is 14.4. The van der Waals surface area contributed by atoms with Crippen molar-refractivity contribution in [1.82, 2.24) is 15.3 Å². The van der Waals surface area contributed by atoms with Crippen LogP contribution in [-0.4, -0.2) is 56.6 Å². The summed E-state index contributed by atoms with van der Waals surface area (Å²) in [6, 6.07) is 5.31. The number of nitrogens with one attached hydrogen (secondary N) is 1. The van der Waals surface area contributed by atoms with Crippen LogP contribution in [0.1, 0.15) is 26.3 Å². The molecule has 33 heavy (non-hydrogen) atoms. The van der Waals surface area contributed by atoms with Crippen LogP contribution in [0.4, 0.5) is 10.3 Å². The van der Waals surface area contributed by atoms with E-state index in [-0.39, 0.29) is 30.0 Å². The van der Waals surface area contributed by atoms with Gasteiger partial charge in [-0.1, -0.05) is 44.1 Å². The van der Waals surface area contributed by atoms with E-state index < -0.39 is 8.32 Å². The number of hydrogen-bond donors (Lipinski definition) is 1. The average Bonchev–Trinajstić information content (AvgIpc) is 2.74. The van der Waals surface area contributed by atoms with Gasteiger partial charge in [-0.25, -0.2) is 14.4 Å². The van der Waals surface area contributed by atoms with Crippen molar-refractivity contribution in [3.63, 3.8) is 0 Å². The Morgan fingerprint density at radius 1 is 1.24 bits per heavy atom. The van der Waals surface area contributed by atoms with Gasteiger partial charge in [-0.05, 0) is 18.1 Å². The highest BCUT2D eigenvalue weighted by Gasteiger charge is 2.37. The summed E-state index contributed by atoms with van der Waals surface area (Å²) < 4.78 is 21.4. The normalized spacial score (nSPS) is 14.0. The molecular weight excluding hydrogens is 441 g/mol. The van der Waals surface area contributed by atoms with E-state index in [1.807, 2.05) is 11.0 Å². The number of nitrogens with zero attached hydrogens (tertiary/aromatic N) is 4. The minimum absolute atomic E-state index is 0.0580. The van der Waals surface area contributed by atoms with Gasteiger partial charge in [0.05, 0.1) is 25.4 Å². The molecule has 1 aromatic heterocycles. The van der Waals surface area contributed by atoms with Gasteiger partial charge in [0.25, 0.3) is 5.91 Å². The fraction of sp³-hybridized carbons (Fsp3) is 0.478. The zero-order chi connectivity index (χ0) is 24.2. The first kappa shape index (κ1) is 24.8. The van der Waals surface area contributed by atoms with Gasteiger partial charge in [-0.2, -0.15) is 0 Å². The molecule has 1 aliphatic rings. The van der Waals surface area contributed by atoms with Gasteiger partial charge in [0.1, 0.15) is 5.82 Å². The number of carbonyl (C=O) groups is 1. The lowest BCUT2D eigenvalue weighted by molar-refractivity contribution is -0.125. The van der Waals surface area contributed by atoms with Crippen molar-refractivity contribution in [2.45, 2.75) is 45.5 Å². The van der Waals surface area contributed by atoms with Crippen molar-refractivity contribution in [1.29, 1.82) is 0 Å². The minimum atomic E-state index is -1.98. The second kappa shape index (κ2) is 9.96. The fourth-order valence-electron chi connectivity index (χ4n) is 2.86. The zero-order valence-electron chi connectivity index (χ0n) is 20.1. The van der Waals surface area contributed by atoms with Gasteiger partial charge in [0, 0.05) is 36.1 Å². The number of oxime groups is 1. The summed E-state index contributed by atoms with van der Waals surface area (Å²) in [6.45, 7) is 12.0. The molecule has 0 unspecified atom stereocenters. The Hall–Kier alpha value is -2.85. The predicted octanol–water partition coefficient (Wildman–Crippen LogP) is 3.74. The van der Waals surface area contributed by atoms with Crippen molar-refractivity contribution < 1.29 is 18.4 Å². The SMILES string of the molecule is CNC(=O)CON=C1CN(c2ncc(-c3cccc(CO[Si](C)(C)C(C)(C)C)c3F)cn2)C1. The van der Waals surface area contributed by atoms with E-state index in [1.54, 1.807) is 24.5 Å². The summed E-state index contributed by atoms with van der Waals surface area (Å²) in [5.74, 6) is -0.0154. The van der Waals surface area contributed by atoms with E-state index >= 15 is 4.39 Å². The molecule has 10 heteroatoms. The van der Waals surface area contributed by atoms with E-state index in [9.17, 15) is 4.79 Å². The molecule has 1 fully saturated rings. The van der Waals surface area contributed by atoms with Crippen LogP contribution in [0.15, 0.2) is 35.7 Å². The van der Waals surface area contributed by atoms with Crippen molar-refractivity contribution in [3.05, 3.63) is 42.0 Å². The molecule has 0 bridgehead atoms. The summed E-state index contributed by atoms with van der Waals surface area (Å²) in [6.07, 6.45) is 3.24. The molecule has 8 nitrogen and oxygen atoms in total. The average molecular weight is 474 g/mol. The number of likely N-dealkylation sites (N-methyl/N-ethyl adjacent to an activating group) is 1. The first-order valence-electron chi connectivity index (χ1n) is 10.9. The summed E-state index contributed by atoms with van der Waals surface area (Å²) >= 11 is 0. The highest BCUT2D eigenvalue weighted by molar-refractivity contribution is 6.74. The number of aromatic nitrogens is 2. The van der Waals surface area contributed by atoms with E-state index in [0.29, 0.717) is 35.7 Å². The molecule has 0 atom stereocenters. The number of benzene rings is 1. The lowest BCUT2D eigenvalue weighted by atomic mass is 10.1. The third-order valence-electron chi connectivity index (χ3n) is 6.12. The number of carbonyl (C=O) groups excluding carboxylic acids is 1. The lowest BCUT2D eigenvalue weighted by Crippen LogP contribution is -2.48. The smallest absolute Gasteiger partial charge is 0.260 e. The Morgan fingerprint density at radius 2 is 1.91 bits per heavy atom. The third kappa shape index (κ3) is 5.94. The van der Waals surface area contributed by atoms with E-state index in [1.165, 1.54) is 7.05 Å². The Bertz CT molecular complexity index is 1010. The number of halogens is 1. The molecule has 1 aliphatic heterocycles. The molecule has 0 saturated carbocycles. The third-order valence-corrected chi connectivity index (χ3v) is 10.6. The molecular formula is C23H32FN5O3Si. The molecule has 178 valence electrons. The van der Waals surface area contributed by atoms with Crippen molar-refractivity contribution >= 4 is 25.9 Å². The van der Waals surface area contributed by atoms with Crippen LogP contribution in [0, 0.1) is 5.82 Å². The van der Waals surface area contributed by atoms with Gasteiger partial charge in [0.15, 0.2) is 14.9 Å². The van der Waals surface area contributed by atoms with Crippen LogP contribution in [0.3, 0.4) is 0 Å². The highest BCUT2D eigenvalue weighted by Crippen LogP contribution is 2.37. The van der Waals surface area contributed by atoms with Crippen LogP contribution in [-0.2, 0) is 20.7 Å². The standard InChI is InChI=1S/C23H32FN5O3Si/c1-23(2,3)33(5,6)32-14-16-8-7-9-19(21(16)24)17-10-26-22(27-11-17)29-12-18(13-29)28-31-15-20(30)25-4/h7-11H,12-15H2,1-6H3,(H,25,30). The highest BCUT2D eigenvalue weighted by atomic mass is 28.4. The molecule has 2 aromatic rings. The summed E-state index contributed by atoms with van der Waals surface area (Å²) in [7, 11) is -0.445. The Kier molecular flexibility index (Phi) is 7.48. The first-order valence-corrected chi connectivity index (χ1v) is 13.8. The zero-order valence-corrected chi connectivity index (χ0v) is 21.1. The van der Waals surface area contributed by atoms with Gasteiger partial charge >= 0.3 is 0 Å². The van der Waals surface area contributed by atoms with Crippen LogP contribution in [0.2, 0.25) is 18.1 Å². The molecule has 0 radical (unpaired) electrons. The molecule has 0 spiro atoms. The Labute approximate surface area is 195 Å². The Balaban J connectivity index is 1.63. The van der Waals surface area contributed by atoms with Crippen LogP contribution in [0.25, 0.3) is 11.1 Å². The van der Waals surface area contributed by atoms with Gasteiger partial charge in [-0.3, -0.25) is 4.79 Å². The summed E-state index contributed by atoms with van der Waals surface area (Å²) in [5.41, 5.74) is 2.38. The van der Waals surface area contributed by atoms with Crippen molar-refractivity contribution in [3.8, 4) is 11.1 Å². The fourth-order valence-corrected chi connectivity index (χ4v) is 3.81. The topological polar surface area (TPSA) is 88.9 Å². The summed E-state index contributed by atoms with van der Waals surface area (Å²) in [5, 5.41) is 6.45. The molecule has 3 rings (SSSR count). The number of hydrogen-bond acceptors (Lipinski definition) is 7. The van der Waals surface area contributed by atoms with Crippen LogP contribution < -0.4 is 10.2 Å². The summed E-state index contributed by atoms with van der Waals surface area (Å²) in [4.78, 5) is 26.8. The van der Waals surface area contributed by atoms with E-state index in [2.05, 4.69) is 54.3 Å². The van der Waals surface area contributed by atoms with Crippen molar-refractivity contribution in [2.24, 2.45) is 5.16 Å². The van der Waals surface area contributed by atoms with Crippen molar-refractivity contribution in [2.75, 3.05) is 31.6 Å². The maximum absolute atomic E-state index is 15.2. The van der Waals surface area contributed by atoms with E-state index in [4.69, 9.17) is 9.26 Å². The lowest BCUT2D eigenvalue weighted by Gasteiger charge is -2.36. The Morgan fingerprint density at radius 3 is 2.52 bits per heavy atom. The molecule has 1 saturated heterocycles. The monoisotopic (exact) mass is 473 g/mol. The predicted molar refractivity (Wildman–Crippen MR) is 129 cm³/mol. The minimum Gasteiger partial charge on any atom is -0.412 e. The largest absolute Gasteiger partial charge is 0.412 e. The van der Waals surface area contributed by atoms with Gasteiger partial charge < -0.3 is 19.5 Å². The quantitative estimate of drug-likeness (QED) is 0.464. The molecule has 1 amide bonds. The maximum Gasteiger partial charge on any atom is 0.260 e. The number of rotatable bonds is 8. The van der Waals surface area contributed by atoms with Crippen LogP contribution in [0.5, 0.6) is 0 Å². The second-order valence-electron chi connectivity index (χ2n) is 9.56. The molecule has 0 aliphatic carbocycles. The maximum atomic E-state index is 15.2. The van der Waals surface area contributed by atoms with E-state index in [0.717, 1.165) is 5.71 Å². The molecule has 2 heterocycles. The number of amides is 1. The van der Waals surface area contributed by atoms with Crippen LogP contribution >= 0.6 is 0 Å².